The van der Waals surface area contributed by atoms with Gasteiger partial charge in [0.15, 0.2) is 0 Å². The molecule has 1 aromatic heterocycles. The summed E-state index contributed by atoms with van der Waals surface area (Å²) in [6.07, 6.45) is 0. The average molecular weight is 325 g/mol. The van der Waals surface area contributed by atoms with E-state index in [0.717, 1.165) is 17.8 Å². The first-order chi connectivity index (χ1) is 9.94. The molecule has 0 aliphatic heterocycles. The number of rotatable bonds is 5. The van der Waals surface area contributed by atoms with Crippen LogP contribution in [0.5, 0.6) is 11.6 Å². The van der Waals surface area contributed by atoms with E-state index in [4.69, 9.17) is 27.9 Å². The Hall–Kier alpha value is -1.29. The molecule has 0 spiro atoms. The lowest BCUT2D eigenvalue weighted by atomic mass is 10.2. The summed E-state index contributed by atoms with van der Waals surface area (Å²) in [5.41, 5.74) is 2.01. The molecule has 0 unspecified atom stereocenters. The lowest BCUT2D eigenvalue weighted by Gasteiger charge is -2.12. The van der Waals surface area contributed by atoms with Crippen molar-refractivity contribution >= 4 is 23.2 Å². The Morgan fingerprint density at radius 2 is 1.95 bits per heavy atom. The molecule has 2 rings (SSSR count). The maximum absolute atomic E-state index is 6.10. The zero-order valence-corrected chi connectivity index (χ0v) is 13.8. The van der Waals surface area contributed by atoms with Crippen molar-refractivity contribution < 1.29 is 4.74 Å². The molecule has 0 saturated heterocycles. The van der Waals surface area contributed by atoms with E-state index < -0.39 is 0 Å². The van der Waals surface area contributed by atoms with Gasteiger partial charge in [0.1, 0.15) is 5.75 Å². The van der Waals surface area contributed by atoms with Crippen LogP contribution in [-0.4, -0.2) is 11.0 Å². The maximum Gasteiger partial charge on any atom is 0.219 e. The van der Waals surface area contributed by atoms with E-state index in [9.17, 15) is 0 Å². The molecule has 0 radical (unpaired) electrons. The first kappa shape index (κ1) is 16.1. The number of ether oxygens (including phenoxy) is 1. The molecule has 0 aliphatic carbocycles. The Bertz CT molecular complexity index is 630. The Kier molecular flexibility index (Phi) is 5.45. The summed E-state index contributed by atoms with van der Waals surface area (Å²) in [4.78, 5) is 4.38. The van der Waals surface area contributed by atoms with E-state index in [1.54, 1.807) is 18.2 Å². The van der Waals surface area contributed by atoms with Crippen LogP contribution in [0.3, 0.4) is 0 Å². The topological polar surface area (TPSA) is 34.1 Å². The minimum atomic E-state index is 0.421. The van der Waals surface area contributed by atoms with Crippen molar-refractivity contribution in [2.24, 2.45) is 0 Å². The van der Waals surface area contributed by atoms with Crippen LogP contribution >= 0.6 is 23.2 Å². The van der Waals surface area contributed by atoms with Crippen LogP contribution in [0.25, 0.3) is 0 Å². The van der Waals surface area contributed by atoms with E-state index in [1.165, 1.54) is 0 Å². The van der Waals surface area contributed by atoms with E-state index in [0.29, 0.717) is 27.7 Å². The zero-order valence-electron chi connectivity index (χ0n) is 12.3. The molecule has 0 saturated carbocycles. The van der Waals surface area contributed by atoms with E-state index >= 15 is 0 Å². The van der Waals surface area contributed by atoms with Gasteiger partial charge in [-0.15, -0.1) is 0 Å². The summed E-state index contributed by atoms with van der Waals surface area (Å²) >= 11 is 12.1. The Labute approximate surface area is 135 Å². The second-order valence-electron chi connectivity index (χ2n) is 5.17. The second-order valence-corrected chi connectivity index (χ2v) is 6.01. The molecule has 2 aromatic rings. The average Bonchev–Trinajstić information content (AvgIpc) is 2.40. The molecule has 1 aromatic carbocycles. The van der Waals surface area contributed by atoms with Gasteiger partial charge in [-0.1, -0.05) is 37.0 Å². The quantitative estimate of drug-likeness (QED) is 0.841. The Morgan fingerprint density at radius 3 is 2.67 bits per heavy atom. The lowest BCUT2D eigenvalue weighted by molar-refractivity contribution is 0.460. The zero-order chi connectivity index (χ0) is 15.4. The number of hydrogen-bond donors (Lipinski definition) is 1. The minimum absolute atomic E-state index is 0.421. The van der Waals surface area contributed by atoms with Gasteiger partial charge in [0.25, 0.3) is 0 Å². The Morgan fingerprint density at radius 1 is 1.19 bits per heavy atom. The van der Waals surface area contributed by atoms with Crippen LogP contribution in [0.15, 0.2) is 30.3 Å². The van der Waals surface area contributed by atoms with Crippen molar-refractivity contribution in [1.29, 1.82) is 0 Å². The summed E-state index contributed by atoms with van der Waals surface area (Å²) in [5, 5.41) is 4.45. The van der Waals surface area contributed by atoms with Gasteiger partial charge in [0, 0.05) is 35.4 Å². The molecule has 21 heavy (non-hydrogen) atoms. The highest BCUT2D eigenvalue weighted by Gasteiger charge is 2.07. The van der Waals surface area contributed by atoms with Gasteiger partial charge >= 0.3 is 0 Å². The Balaban J connectivity index is 2.21. The fraction of sp³-hybridized carbons (Fsp3) is 0.312. The van der Waals surface area contributed by atoms with Gasteiger partial charge in [-0.05, 0) is 30.7 Å². The number of halogens is 2. The minimum Gasteiger partial charge on any atom is -0.437 e. The number of benzene rings is 1. The summed E-state index contributed by atoms with van der Waals surface area (Å²) in [5.74, 6) is 1.02. The number of nitrogens with one attached hydrogen (secondary N) is 1. The van der Waals surface area contributed by atoms with Crippen LogP contribution in [0.2, 0.25) is 10.0 Å². The molecular formula is C16H18Cl2N2O. The highest BCUT2D eigenvalue weighted by atomic mass is 35.5. The molecule has 1 N–H and O–H groups in total. The van der Waals surface area contributed by atoms with Crippen molar-refractivity contribution in [1.82, 2.24) is 10.3 Å². The molecule has 5 heteroatoms. The summed E-state index contributed by atoms with van der Waals surface area (Å²) < 4.78 is 5.76. The monoisotopic (exact) mass is 324 g/mol. The number of pyridine rings is 1. The van der Waals surface area contributed by atoms with E-state index in [-0.39, 0.29) is 0 Å². The van der Waals surface area contributed by atoms with Gasteiger partial charge in [-0.3, -0.25) is 0 Å². The predicted octanol–water partition coefficient (Wildman–Crippen LogP) is 4.99. The van der Waals surface area contributed by atoms with Crippen molar-refractivity contribution in [2.75, 3.05) is 0 Å². The molecule has 0 fully saturated rings. The van der Waals surface area contributed by atoms with Gasteiger partial charge in [0.05, 0.1) is 5.02 Å². The molecule has 1 heterocycles. The van der Waals surface area contributed by atoms with Gasteiger partial charge in [-0.25, -0.2) is 4.98 Å². The van der Waals surface area contributed by atoms with Crippen molar-refractivity contribution in [3.8, 4) is 11.6 Å². The number of aryl methyl sites for hydroxylation is 1. The van der Waals surface area contributed by atoms with Crippen LogP contribution in [0, 0.1) is 6.92 Å². The van der Waals surface area contributed by atoms with Crippen LogP contribution in [-0.2, 0) is 6.54 Å². The summed E-state index contributed by atoms with van der Waals surface area (Å²) in [6, 6.07) is 9.46. The van der Waals surface area contributed by atoms with Crippen molar-refractivity contribution in [2.45, 2.75) is 33.4 Å². The molecule has 0 atom stereocenters. The van der Waals surface area contributed by atoms with Crippen LogP contribution in [0.4, 0.5) is 0 Å². The number of aromatic nitrogens is 1. The second kappa shape index (κ2) is 7.12. The first-order valence-electron chi connectivity index (χ1n) is 6.78. The van der Waals surface area contributed by atoms with Crippen LogP contribution < -0.4 is 10.1 Å². The van der Waals surface area contributed by atoms with Crippen molar-refractivity contribution in [3.05, 3.63) is 51.6 Å². The summed E-state index contributed by atoms with van der Waals surface area (Å²) in [7, 11) is 0. The van der Waals surface area contributed by atoms with Gasteiger partial charge in [0.2, 0.25) is 5.88 Å². The predicted molar refractivity (Wildman–Crippen MR) is 87.5 cm³/mol. The molecular weight excluding hydrogens is 307 g/mol. The third-order valence-electron chi connectivity index (χ3n) is 2.81. The third kappa shape index (κ3) is 4.88. The largest absolute Gasteiger partial charge is 0.437 e. The molecule has 3 nitrogen and oxygen atoms in total. The standard InChI is InChI=1S/C16H18Cl2N2O/c1-10(2)19-9-12-6-11(3)20-16(7-12)21-15-8-13(17)4-5-14(15)18/h4-8,10,19H,9H2,1-3H3. The fourth-order valence-corrected chi connectivity index (χ4v) is 2.17. The first-order valence-corrected chi connectivity index (χ1v) is 7.53. The number of nitrogens with zero attached hydrogens (tertiary/aromatic N) is 1. The SMILES string of the molecule is Cc1cc(CNC(C)C)cc(Oc2cc(Cl)ccc2Cl)n1. The molecule has 0 bridgehead atoms. The van der Waals surface area contributed by atoms with Crippen molar-refractivity contribution in [3.63, 3.8) is 0 Å². The molecule has 0 amide bonds. The molecule has 112 valence electrons. The van der Waals surface area contributed by atoms with Crippen LogP contribution in [0.1, 0.15) is 25.1 Å². The highest BCUT2D eigenvalue weighted by Crippen LogP contribution is 2.31. The van der Waals surface area contributed by atoms with E-state index in [2.05, 4.69) is 24.1 Å². The third-order valence-corrected chi connectivity index (χ3v) is 3.36. The maximum atomic E-state index is 6.10. The van der Waals surface area contributed by atoms with Gasteiger partial charge in [-0.2, -0.15) is 0 Å². The van der Waals surface area contributed by atoms with Gasteiger partial charge < -0.3 is 10.1 Å². The lowest BCUT2D eigenvalue weighted by Crippen LogP contribution is -2.21. The van der Waals surface area contributed by atoms with E-state index in [1.807, 2.05) is 19.1 Å². The highest BCUT2D eigenvalue weighted by molar-refractivity contribution is 6.34. The smallest absolute Gasteiger partial charge is 0.219 e. The summed E-state index contributed by atoms with van der Waals surface area (Å²) in [6.45, 7) is 6.92. The molecule has 0 aliphatic rings. The number of hydrogen-bond acceptors (Lipinski definition) is 3. The fourth-order valence-electron chi connectivity index (χ4n) is 1.85. The normalized spacial score (nSPS) is 11.0.